The van der Waals surface area contributed by atoms with Crippen molar-refractivity contribution in [3.05, 3.63) is 42.7 Å². The Morgan fingerprint density at radius 2 is 2.19 bits per heavy atom. The molecular formula is C18H19N5O2S2. The first-order chi connectivity index (χ1) is 13.1. The van der Waals surface area contributed by atoms with Crippen molar-refractivity contribution in [3.8, 4) is 11.6 Å². The lowest BCUT2D eigenvalue weighted by Crippen LogP contribution is -2.33. The van der Waals surface area contributed by atoms with Gasteiger partial charge in [-0.3, -0.25) is 4.79 Å². The Morgan fingerprint density at radius 3 is 3.00 bits per heavy atom. The topological polar surface area (TPSA) is 90.2 Å². The number of fused-ring (bicyclic) bond motifs is 1. The lowest BCUT2D eigenvalue weighted by molar-refractivity contribution is -0.116. The molecule has 140 valence electrons. The van der Waals surface area contributed by atoms with Gasteiger partial charge in [-0.2, -0.15) is 0 Å². The summed E-state index contributed by atoms with van der Waals surface area (Å²) in [6.45, 7) is 2.90. The molecule has 1 unspecified atom stereocenters. The van der Waals surface area contributed by atoms with E-state index in [-0.39, 0.29) is 11.7 Å². The molecule has 0 saturated carbocycles. The molecule has 1 aliphatic heterocycles. The molecule has 0 saturated heterocycles. The monoisotopic (exact) mass is 401 g/mol. The fourth-order valence-electron chi connectivity index (χ4n) is 2.90. The number of anilines is 1. The standard InChI is InChI=1S/C18H19N5O2S2/c1-12-8-9-22(13-5-2-3-7-15(13)27-12)16(24)11-26-18-21-20-17(23(18)19)14-6-4-10-25-14/h2-7,10,12H,8-9,11,19H2,1H3. The van der Waals surface area contributed by atoms with E-state index in [1.807, 2.05) is 34.9 Å². The molecule has 1 atom stereocenters. The quantitative estimate of drug-likeness (QED) is 0.530. The Balaban J connectivity index is 1.49. The second kappa shape index (κ2) is 7.69. The molecular weight excluding hydrogens is 382 g/mol. The Bertz CT molecular complexity index is 941. The Hall–Kier alpha value is -2.39. The summed E-state index contributed by atoms with van der Waals surface area (Å²) in [5, 5.41) is 9.08. The number of thioether (sulfide) groups is 2. The molecule has 4 rings (SSSR count). The predicted octanol–water partition coefficient (Wildman–Crippen LogP) is 3.26. The van der Waals surface area contributed by atoms with E-state index < -0.39 is 0 Å². The number of furan rings is 1. The van der Waals surface area contributed by atoms with Crippen LogP contribution in [-0.4, -0.2) is 38.3 Å². The lowest BCUT2D eigenvalue weighted by atomic mass is 10.2. The Morgan fingerprint density at radius 1 is 1.33 bits per heavy atom. The molecule has 1 aromatic carbocycles. The van der Waals surface area contributed by atoms with Gasteiger partial charge in [0, 0.05) is 16.7 Å². The molecule has 0 spiro atoms. The van der Waals surface area contributed by atoms with E-state index in [1.54, 1.807) is 18.4 Å². The van der Waals surface area contributed by atoms with Gasteiger partial charge in [0.15, 0.2) is 5.76 Å². The first kappa shape index (κ1) is 18.0. The summed E-state index contributed by atoms with van der Waals surface area (Å²) < 4.78 is 6.66. The van der Waals surface area contributed by atoms with Gasteiger partial charge in [-0.05, 0) is 30.7 Å². The fraction of sp³-hybridized carbons (Fsp3) is 0.278. The maximum Gasteiger partial charge on any atom is 0.237 e. The molecule has 2 N–H and O–H groups in total. The third-order valence-electron chi connectivity index (χ3n) is 4.28. The second-order valence-corrected chi connectivity index (χ2v) is 8.60. The Labute approximate surface area is 165 Å². The van der Waals surface area contributed by atoms with Gasteiger partial charge in [0.1, 0.15) is 0 Å². The van der Waals surface area contributed by atoms with Crippen LogP contribution in [0.2, 0.25) is 0 Å². The molecule has 2 aromatic heterocycles. The highest BCUT2D eigenvalue weighted by Gasteiger charge is 2.25. The average Bonchev–Trinajstić information content (AvgIpc) is 3.27. The first-order valence-electron chi connectivity index (χ1n) is 8.56. The molecule has 1 amide bonds. The number of nitrogens with zero attached hydrogens (tertiary/aromatic N) is 4. The zero-order valence-corrected chi connectivity index (χ0v) is 16.4. The van der Waals surface area contributed by atoms with Gasteiger partial charge in [0.05, 0.1) is 17.7 Å². The van der Waals surface area contributed by atoms with Crippen LogP contribution in [0.5, 0.6) is 0 Å². The van der Waals surface area contributed by atoms with Crippen molar-refractivity contribution in [1.82, 2.24) is 14.9 Å². The number of nitrogens with two attached hydrogens (primary N) is 1. The number of rotatable bonds is 4. The van der Waals surface area contributed by atoms with Gasteiger partial charge in [0.25, 0.3) is 0 Å². The van der Waals surface area contributed by atoms with Gasteiger partial charge in [-0.15, -0.1) is 22.0 Å². The van der Waals surface area contributed by atoms with Crippen LogP contribution < -0.4 is 10.7 Å². The lowest BCUT2D eigenvalue weighted by Gasteiger charge is -2.22. The third kappa shape index (κ3) is 3.70. The maximum absolute atomic E-state index is 12.9. The molecule has 0 aliphatic carbocycles. The number of hydrogen-bond donors (Lipinski definition) is 1. The van der Waals surface area contributed by atoms with E-state index in [4.69, 9.17) is 10.3 Å². The highest BCUT2D eigenvalue weighted by Crippen LogP contribution is 2.37. The predicted molar refractivity (Wildman–Crippen MR) is 107 cm³/mol. The minimum Gasteiger partial charge on any atom is -0.461 e. The summed E-state index contributed by atoms with van der Waals surface area (Å²) in [5.41, 5.74) is 0.975. The van der Waals surface area contributed by atoms with Crippen LogP contribution in [0, 0.1) is 0 Å². The van der Waals surface area contributed by atoms with Crippen molar-refractivity contribution in [1.29, 1.82) is 0 Å². The van der Waals surface area contributed by atoms with E-state index in [0.29, 0.717) is 28.5 Å². The molecule has 7 nitrogen and oxygen atoms in total. The van der Waals surface area contributed by atoms with Crippen LogP contribution in [0.4, 0.5) is 5.69 Å². The van der Waals surface area contributed by atoms with E-state index >= 15 is 0 Å². The van der Waals surface area contributed by atoms with Gasteiger partial charge >= 0.3 is 0 Å². The second-order valence-electron chi connectivity index (χ2n) is 6.17. The molecule has 3 aromatic rings. The highest BCUT2D eigenvalue weighted by atomic mass is 32.2. The van der Waals surface area contributed by atoms with Crippen molar-refractivity contribution in [2.24, 2.45) is 0 Å². The molecule has 27 heavy (non-hydrogen) atoms. The third-order valence-corrected chi connectivity index (χ3v) is 6.44. The van der Waals surface area contributed by atoms with E-state index in [0.717, 1.165) is 17.0 Å². The number of nitrogen functional groups attached to an aromatic ring is 1. The van der Waals surface area contributed by atoms with Gasteiger partial charge in [-0.1, -0.05) is 30.8 Å². The van der Waals surface area contributed by atoms with Crippen LogP contribution in [0.25, 0.3) is 11.6 Å². The van der Waals surface area contributed by atoms with Crippen molar-refractivity contribution < 1.29 is 9.21 Å². The average molecular weight is 402 g/mol. The van der Waals surface area contributed by atoms with E-state index in [1.165, 1.54) is 16.4 Å². The summed E-state index contributed by atoms with van der Waals surface area (Å²) in [6, 6.07) is 11.6. The first-order valence-corrected chi connectivity index (χ1v) is 10.4. The number of carbonyl (C=O) groups excluding carboxylic acids is 1. The minimum atomic E-state index is 0.0321. The van der Waals surface area contributed by atoms with Crippen molar-refractivity contribution in [3.63, 3.8) is 0 Å². The van der Waals surface area contributed by atoms with Gasteiger partial charge in [-0.25, -0.2) is 4.68 Å². The minimum absolute atomic E-state index is 0.0321. The number of hydrogen-bond acceptors (Lipinski definition) is 7. The summed E-state index contributed by atoms with van der Waals surface area (Å²) in [6.07, 6.45) is 2.50. The zero-order valence-electron chi connectivity index (χ0n) is 14.7. The Kier molecular flexibility index (Phi) is 5.13. The number of aromatic nitrogens is 3. The largest absolute Gasteiger partial charge is 0.461 e. The molecule has 0 bridgehead atoms. The molecule has 0 radical (unpaired) electrons. The number of benzene rings is 1. The van der Waals surface area contributed by atoms with Crippen LogP contribution in [0.1, 0.15) is 13.3 Å². The fourth-order valence-corrected chi connectivity index (χ4v) is 4.74. The summed E-state index contributed by atoms with van der Waals surface area (Å²) in [7, 11) is 0. The van der Waals surface area contributed by atoms with Crippen molar-refractivity contribution in [2.75, 3.05) is 23.0 Å². The van der Waals surface area contributed by atoms with Crippen molar-refractivity contribution >= 4 is 35.1 Å². The number of carbonyl (C=O) groups is 1. The van der Waals surface area contributed by atoms with Crippen LogP contribution in [0.15, 0.2) is 57.1 Å². The van der Waals surface area contributed by atoms with Crippen LogP contribution >= 0.6 is 23.5 Å². The van der Waals surface area contributed by atoms with Crippen LogP contribution in [0.3, 0.4) is 0 Å². The number of para-hydroxylation sites is 1. The molecule has 1 aliphatic rings. The SMILES string of the molecule is CC1CCN(C(=O)CSc2nnc(-c3ccco3)n2N)c2ccccc2S1. The zero-order chi connectivity index (χ0) is 18.8. The van der Waals surface area contributed by atoms with Crippen LogP contribution in [-0.2, 0) is 4.79 Å². The highest BCUT2D eigenvalue weighted by molar-refractivity contribution is 8.00. The van der Waals surface area contributed by atoms with E-state index in [9.17, 15) is 4.79 Å². The summed E-state index contributed by atoms with van der Waals surface area (Å²) in [4.78, 5) is 15.9. The molecule has 0 fully saturated rings. The summed E-state index contributed by atoms with van der Waals surface area (Å²) >= 11 is 3.09. The van der Waals surface area contributed by atoms with Gasteiger partial charge in [0.2, 0.25) is 16.9 Å². The number of amides is 1. The molecule has 9 heteroatoms. The van der Waals surface area contributed by atoms with E-state index in [2.05, 4.69) is 23.2 Å². The van der Waals surface area contributed by atoms with Gasteiger partial charge < -0.3 is 15.2 Å². The van der Waals surface area contributed by atoms with Crippen molar-refractivity contribution in [2.45, 2.75) is 28.6 Å². The maximum atomic E-state index is 12.9. The summed E-state index contributed by atoms with van der Waals surface area (Å²) in [5.74, 6) is 7.30. The molecule has 3 heterocycles. The normalized spacial score (nSPS) is 16.8. The smallest absolute Gasteiger partial charge is 0.237 e.